The molecule has 3 aromatic heterocycles. The van der Waals surface area contributed by atoms with Crippen LogP contribution in [0, 0.1) is 0 Å². The van der Waals surface area contributed by atoms with E-state index < -0.39 is 11.9 Å². The van der Waals surface area contributed by atoms with E-state index >= 15 is 0 Å². The van der Waals surface area contributed by atoms with Crippen LogP contribution < -0.4 is 5.32 Å². The van der Waals surface area contributed by atoms with Crippen molar-refractivity contribution in [1.82, 2.24) is 19.9 Å². The topological polar surface area (TPSA) is 63.6 Å². The van der Waals surface area contributed by atoms with Crippen LogP contribution in [0.1, 0.15) is 10.7 Å². The minimum absolute atomic E-state index is 0.0103. The van der Waals surface area contributed by atoms with Crippen LogP contribution in [0.5, 0.6) is 0 Å². The van der Waals surface area contributed by atoms with Crippen molar-refractivity contribution < 1.29 is 13.2 Å². The molecule has 0 atom stereocenters. The van der Waals surface area contributed by atoms with Gasteiger partial charge in [0.1, 0.15) is 10.8 Å². The minimum Gasteiger partial charge on any atom is -0.363 e. The molecule has 0 unspecified atom stereocenters. The summed E-state index contributed by atoms with van der Waals surface area (Å²) < 4.78 is 39.1. The number of hydrogen-bond donors (Lipinski definition) is 1. The molecule has 0 aromatic carbocycles. The Morgan fingerprint density at radius 2 is 1.87 bits per heavy atom. The smallest absolute Gasteiger partial charge is 0.363 e. The predicted octanol–water partition coefficient (Wildman–Crippen LogP) is 3.63. The zero-order chi connectivity index (χ0) is 16.3. The molecule has 1 N–H and O–H groups in total. The first-order valence-electron chi connectivity index (χ1n) is 6.51. The Morgan fingerprint density at radius 3 is 2.52 bits per heavy atom. The first-order valence-corrected chi connectivity index (χ1v) is 7.39. The van der Waals surface area contributed by atoms with Gasteiger partial charge in [0.2, 0.25) is 0 Å². The van der Waals surface area contributed by atoms with Crippen LogP contribution in [0.15, 0.2) is 42.2 Å². The fourth-order valence-corrected chi connectivity index (χ4v) is 2.38. The maximum absolute atomic E-state index is 13.0. The highest BCUT2D eigenvalue weighted by molar-refractivity contribution is 7.09. The maximum atomic E-state index is 13.0. The molecule has 0 radical (unpaired) electrons. The lowest BCUT2D eigenvalue weighted by atomic mass is 10.2. The van der Waals surface area contributed by atoms with E-state index in [1.807, 2.05) is 0 Å². The normalized spacial score (nSPS) is 11.4. The number of nitrogens with zero attached hydrogens (tertiary/aromatic N) is 4. The summed E-state index contributed by atoms with van der Waals surface area (Å²) in [4.78, 5) is 15.6. The average Bonchev–Trinajstić information content (AvgIpc) is 3.06. The summed E-state index contributed by atoms with van der Waals surface area (Å²) in [5, 5.41) is 5.40. The number of pyridine rings is 1. The van der Waals surface area contributed by atoms with E-state index in [1.54, 1.807) is 23.7 Å². The number of nitrogens with one attached hydrogen (secondary N) is 1. The fourth-order valence-electron chi connectivity index (χ4n) is 1.82. The van der Waals surface area contributed by atoms with Crippen molar-refractivity contribution >= 4 is 17.2 Å². The third-order valence-corrected chi connectivity index (χ3v) is 3.64. The first kappa shape index (κ1) is 15.3. The Balaban J connectivity index is 1.95. The number of anilines is 1. The highest BCUT2D eigenvalue weighted by Gasteiger charge is 2.33. The van der Waals surface area contributed by atoms with E-state index in [2.05, 4.69) is 25.3 Å². The Labute approximate surface area is 133 Å². The van der Waals surface area contributed by atoms with E-state index in [1.165, 1.54) is 23.7 Å². The Morgan fingerprint density at radius 1 is 1.09 bits per heavy atom. The van der Waals surface area contributed by atoms with Gasteiger partial charge >= 0.3 is 6.18 Å². The molecule has 0 bridgehead atoms. The van der Waals surface area contributed by atoms with Crippen molar-refractivity contribution in [2.75, 3.05) is 5.32 Å². The summed E-state index contributed by atoms with van der Waals surface area (Å²) in [6.07, 6.45) is 0.0246. The molecule has 9 heteroatoms. The first-order chi connectivity index (χ1) is 11.0. The van der Waals surface area contributed by atoms with Crippen molar-refractivity contribution in [3.63, 3.8) is 0 Å². The number of alkyl halides is 3. The van der Waals surface area contributed by atoms with Crippen molar-refractivity contribution in [2.45, 2.75) is 12.7 Å². The van der Waals surface area contributed by atoms with Gasteiger partial charge in [-0.2, -0.15) is 13.2 Å². The van der Waals surface area contributed by atoms with Crippen molar-refractivity contribution in [3.8, 4) is 11.4 Å². The Bertz CT molecular complexity index is 775. The highest BCUT2D eigenvalue weighted by atomic mass is 32.1. The van der Waals surface area contributed by atoms with Gasteiger partial charge in [0.15, 0.2) is 11.5 Å². The van der Waals surface area contributed by atoms with E-state index in [-0.39, 0.29) is 11.6 Å². The second-order valence-corrected chi connectivity index (χ2v) is 5.45. The molecule has 23 heavy (non-hydrogen) atoms. The maximum Gasteiger partial charge on any atom is 0.433 e. The zero-order valence-electron chi connectivity index (χ0n) is 11.6. The lowest BCUT2D eigenvalue weighted by Crippen LogP contribution is -2.12. The Kier molecular flexibility index (Phi) is 4.20. The van der Waals surface area contributed by atoms with Crippen LogP contribution in [-0.2, 0) is 12.7 Å². The highest BCUT2D eigenvalue weighted by Crippen LogP contribution is 2.30. The van der Waals surface area contributed by atoms with Crippen LogP contribution in [-0.4, -0.2) is 19.9 Å². The number of halogens is 3. The predicted molar refractivity (Wildman–Crippen MR) is 79.7 cm³/mol. The molecule has 118 valence electrons. The Hall–Kier alpha value is -2.55. The third kappa shape index (κ3) is 3.81. The number of rotatable bonds is 4. The molecule has 0 amide bonds. The summed E-state index contributed by atoms with van der Waals surface area (Å²) in [7, 11) is 0. The summed E-state index contributed by atoms with van der Waals surface area (Å²) in [6, 6.07) is 4.00. The number of hydrogen-bond acceptors (Lipinski definition) is 6. The SMILES string of the molecule is FC(F)(F)c1cc(NCc2nccs2)nc(-c2ccncc2)n1. The molecule has 0 saturated heterocycles. The van der Waals surface area contributed by atoms with Gasteiger partial charge in [0.05, 0.1) is 6.54 Å². The molecule has 0 aliphatic rings. The number of thiazole rings is 1. The van der Waals surface area contributed by atoms with Crippen LogP contribution in [0.4, 0.5) is 19.0 Å². The van der Waals surface area contributed by atoms with E-state index in [9.17, 15) is 13.2 Å². The van der Waals surface area contributed by atoms with Gasteiger partial charge in [-0.05, 0) is 12.1 Å². The second-order valence-electron chi connectivity index (χ2n) is 4.48. The zero-order valence-corrected chi connectivity index (χ0v) is 12.4. The average molecular weight is 337 g/mol. The van der Waals surface area contributed by atoms with Gasteiger partial charge in [0.25, 0.3) is 0 Å². The largest absolute Gasteiger partial charge is 0.433 e. The summed E-state index contributed by atoms with van der Waals surface area (Å²) in [5.41, 5.74) is -0.538. The second kappa shape index (κ2) is 6.29. The summed E-state index contributed by atoms with van der Waals surface area (Å²) in [5.74, 6) is 0.0817. The standard InChI is InChI=1S/C14H10F3N5S/c15-14(16,17)10-7-11(20-8-12-19-5-6-23-12)22-13(21-10)9-1-3-18-4-2-9/h1-7H,8H2,(H,20,21,22). The van der Waals surface area contributed by atoms with E-state index in [0.717, 1.165) is 11.1 Å². The van der Waals surface area contributed by atoms with Crippen molar-refractivity contribution in [1.29, 1.82) is 0 Å². The molecule has 3 rings (SSSR count). The van der Waals surface area contributed by atoms with Crippen LogP contribution in [0.2, 0.25) is 0 Å². The summed E-state index contributed by atoms with van der Waals surface area (Å²) in [6.45, 7) is 0.293. The molecule has 0 aliphatic heterocycles. The van der Waals surface area contributed by atoms with Crippen molar-refractivity contribution in [3.05, 3.63) is 52.9 Å². The van der Waals surface area contributed by atoms with E-state index in [0.29, 0.717) is 12.1 Å². The van der Waals surface area contributed by atoms with Gasteiger partial charge in [-0.1, -0.05) is 0 Å². The fraction of sp³-hybridized carbons (Fsp3) is 0.143. The molecular weight excluding hydrogens is 327 g/mol. The molecule has 0 aliphatic carbocycles. The van der Waals surface area contributed by atoms with Gasteiger partial charge in [-0.3, -0.25) is 4.98 Å². The van der Waals surface area contributed by atoms with Gasteiger partial charge in [-0.15, -0.1) is 11.3 Å². The lowest BCUT2D eigenvalue weighted by molar-refractivity contribution is -0.141. The quantitative estimate of drug-likeness (QED) is 0.788. The third-order valence-electron chi connectivity index (χ3n) is 2.86. The van der Waals surface area contributed by atoms with Crippen molar-refractivity contribution in [2.24, 2.45) is 0 Å². The molecular formula is C14H10F3N5S. The molecule has 0 saturated carbocycles. The monoisotopic (exact) mass is 337 g/mol. The van der Waals surface area contributed by atoms with Crippen LogP contribution >= 0.6 is 11.3 Å². The van der Waals surface area contributed by atoms with Gasteiger partial charge in [0, 0.05) is 35.6 Å². The summed E-state index contributed by atoms with van der Waals surface area (Å²) >= 11 is 1.40. The lowest BCUT2D eigenvalue weighted by Gasteiger charge is -2.11. The number of aromatic nitrogens is 4. The molecule has 0 fully saturated rings. The van der Waals surface area contributed by atoms with Crippen LogP contribution in [0.3, 0.4) is 0 Å². The minimum atomic E-state index is -4.55. The van der Waals surface area contributed by atoms with Gasteiger partial charge < -0.3 is 5.32 Å². The molecule has 3 heterocycles. The molecule has 0 spiro atoms. The van der Waals surface area contributed by atoms with E-state index in [4.69, 9.17) is 0 Å². The van der Waals surface area contributed by atoms with Gasteiger partial charge in [-0.25, -0.2) is 15.0 Å². The molecule has 3 aromatic rings. The van der Waals surface area contributed by atoms with Crippen LogP contribution in [0.25, 0.3) is 11.4 Å². The molecule has 5 nitrogen and oxygen atoms in total.